The maximum atomic E-state index is 9.16. The summed E-state index contributed by atoms with van der Waals surface area (Å²) in [4.78, 5) is 4.48. The number of aliphatic hydroxyl groups excluding tert-OH is 1. The van der Waals surface area contributed by atoms with Crippen LogP contribution in [0.15, 0.2) is 36.5 Å². The molecular formula is C14H11Cl2N3O. The lowest BCUT2D eigenvalue weighted by molar-refractivity contribution is 0.282. The van der Waals surface area contributed by atoms with Crippen molar-refractivity contribution in [1.82, 2.24) is 9.38 Å². The van der Waals surface area contributed by atoms with Gasteiger partial charge in [0.1, 0.15) is 17.2 Å². The van der Waals surface area contributed by atoms with Crippen LogP contribution in [-0.2, 0) is 6.61 Å². The highest BCUT2D eigenvalue weighted by atomic mass is 35.5. The SMILES string of the molecule is Nc1c(-c2ccc(Cl)cc2Cl)nc2cc(CO)ccn12. The minimum Gasteiger partial charge on any atom is -0.392 e. The number of halogens is 2. The molecule has 0 bridgehead atoms. The van der Waals surface area contributed by atoms with Gasteiger partial charge in [-0.25, -0.2) is 4.98 Å². The summed E-state index contributed by atoms with van der Waals surface area (Å²) in [6.45, 7) is -0.0414. The van der Waals surface area contributed by atoms with Crippen molar-refractivity contribution >= 4 is 34.7 Å². The van der Waals surface area contributed by atoms with Crippen LogP contribution in [0.1, 0.15) is 5.56 Å². The van der Waals surface area contributed by atoms with Gasteiger partial charge in [0.05, 0.1) is 11.6 Å². The Labute approximate surface area is 125 Å². The van der Waals surface area contributed by atoms with Crippen LogP contribution in [0.25, 0.3) is 16.9 Å². The Morgan fingerprint density at radius 3 is 2.70 bits per heavy atom. The summed E-state index contributed by atoms with van der Waals surface area (Å²) in [5, 5.41) is 10.2. The zero-order valence-corrected chi connectivity index (χ0v) is 11.9. The molecule has 1 aromatic carbocycles. The van der Waals surface area contributed by atoms with Gasteiger partial charge in [-0.15, -0.1) is 0 Å². The monoisotopic (exact) mass is 307 g/mol. The smallest absolute Gasteiger partial charge is 0.139 e. The number of pyridine rings is 1. The van der Waals surface area contributed by atoms with Gasteiger partial charge < -0.3 is 10.8 Å². The maximum Gasteiger partial charge on any atom is 0.139 e. The van der Waals surface area contributed by atoms with Crippen molar-refractivity contribution in [3.05, 3.63) is 52.1 Å². The number of fused-ring (bicyclic) bond motifs is 1. The molecule has 0 saturated heterocycles. The Morgan fingerprint density at radius 1 is 1.20 bits per heavy atom. The van der Waals surface area contributed by atoms with E-state index in [1.54, 1.807) is 40.9 Å². The third-order valence-electron chi connectivity index (χ3n) is 3.10. The number of nitrogen functional groups attached to an aromatic ring is 1. The molecule has 3 aromatic rings. The summed E-state index contributed by atoms with van der Waals surface area (Å²) in [7, 11) is 0. The van der Waals surface area contributed by atoms with E-state index in [1.165, 1.54) is 0 Å². The minimum absolute atomic E-state index is 0.0414. The molecule has 2 heterocycles. The van der Waals surface area contributed by atoms with Gasteiger partial charge in [0.2, 0.25) is 0 Å². The van der Waals surface area contributed by atoms with E-state index in [-0.39, 0.29) is 6.61 Å². The van der Waals surface area contributed by atoms with Crippen molar-refractivity contribution < 1.29 is 5.11 Å². The van der Waals surface area contributed by atoms with Gasteiger partial charge in [-0.05, 0) is 35.9 Å². The number of hydrogen-bond donors (Lipinski definition) is 2. The molecule has 0 atom stereocenters. The second-order valence-electron chi connectivity index (χ2n) is 4.39. The quantitative estimate of drug-likeness (QED) is 0.763. The highest BCUT2D eigenvalue weighted by Gasteiger charge is 2.14. The van der Waals surface area contributed by atoms with Crippen molar-refractivity contribution in [1.29, 1.82) is 0 Å². The van der Waals surface area contributed by atoms with Crippen LogP contribution in [-0.4, -0.2) is 14.5 Å². The molecule has 0 spiro atoms. The fourth-order valence-corrected chi connectivity index (χ4v) is 2.58. The third kappa shape index (κ3) is 2.12. The molecule has 0 aliphatic heterocycles. The predicted molar refractivity (Wildman–Crippen MR) is 81.0 cm³/mol. The number of imidazole rings is 1. The Balaban J connectivity index is 2.23. The topological polar surface area (TPSA) is 63.5 Å². The van der Waals surface area contributed by atoms with E-state index in [4.69, 9.17) is 34.0 Å². The van der Waals surface area contributed by atoms with Gasteiger partial charge in [0, 0.05) is 16.8 Å². The molecule has 0 aliphatic rings. The van der Waals surface area contributed by atoms with Crippen LogP contribution in [0.4, 0.5) is 5.82 Å². The standard InChI is InChI=1S/C14H11Cl2N3O/c15-9-1-2-10(11(16)6-9)13-14(17)19-4-3-8(7-20)5-12(19)18-13/h1-6,20H,7,17H2. The van der Waals surface area contributed by atoms with Crippen LogP contribution >= 0.6 is 23.2 Å². The molecule has 4 nitrogen and oxygen atoms in total. The van der Waals surface area contributed by atoms with Crippen LogP contribution in [0.3, 0.4) is 0 Å². The lowest BCUT2D eigenvalue weighted by Crippen LogP contribution is -1.95. The second kappa shape index (κ2) is 4.98. The van der Waals surface area contributed by atoms with Gasteiger partial charge in [0.25, 0.3) is 0 Å². The average molecular weight is 308 g/mol. The van der Waals surface area contributed by atoms with Crippen molar-refractivity contribution in [2.24, 2.45) is 0 Å². The number of aliphatic hydroxyl groups is 1. The first-order valence-electron chi connectivity index (χ1n) is 5.93. The number of aromatic nitrogens is 2. The van der Waals surface area contributed by atoms with E-state index in [1.807, 2.05) is 0 Å². The van der Waals surface area contributed by atoms with Gasteiger partial charge >= 0.3 is 0 Å². The predicted octanol–water partition coefficient (Wildman–Crippen LogP) is 3.38. The molecule has 6 heteroatoms. The molecule has 0 amide bonds. The molecular weight excluding hydrogens is 297 g/mol. The second-order valence-corrected chi connectivity index (χ2v) is 5.23. The molecule has 0 radical (unpaired) electrons. The Morgan fingerprint density at radius 2 is 2.00 bits per heavy atom. The molecule has 0 unspecified atom stereocenters. The molecule has 0 fully saturated rings. The first-order chi connectivity index (χ1) is 9.60. The molecule has 3 rings (SSSR count). The average Bonchev–Trinajstić information content (AvgIpc) is 2.75. The van der Waals surface area contributed by atoms with E-state index in [0.29, 0.717) is 27.2 Å². The molecule has 2 aromatic heterocycles. The zero-order valence-electron chi connectivity index (χ0n) is 10.3. The largest absolute Gasteiger partial charge is 0.392 e. The first-order valence-corrected chi connectivity index (χ1v) is 6.68. The fraction of sp³-hybridized carbons (Fsp3) is 0.0714. The number of anilines is 1. The third-order valence-corrected chi connectivity index (χ3v) is 3.64. The maximum absolute atomic E-state index is 9.16. The van der Waals surface area contributed by atoms with E-state index in [2.05, 4.69) is 4.98 Å². The Hall–Kier alpha value is -1.75. The number of benzene rings is 1. The van der Waals surface area contributed by atoms with Gasteiger partial charge in [-0.2, -0.15) is 0 Å². The Kier molecular flexibility index (Phi) is 3.30. The van der Waals surface area contributed by atoms with E-state index < -0.39 is 0 Å². The number of hydrogen-bond acceptors (Lipinski definition) is 3. The normalized spacial score (nSPS) is 11.2. The summed E-state index contributed by atoms with van der Waals surface area (Å²) in [6.07, 6.45) is 1.77. The number of nitrogens with zero attached hydrogens (tertiary/aromatic N) is 2. The van der Waals surface area contributed by atoms with Crippen LogP contribution < -0.4 is 5.73 Å². The van der Waals surface area contributed by atoms with Crippen LogP contribution in [0, 0.1) is 0 Å². The fourth-order valence-electron chi connectivity index (χ4n) is 2.08. The number of nitrogens with two attached hydrogens (primary N) is 1. The van der Waals surface area contributed by atoms with Crippen molar-refractivity contribution in [2.45, 2.75) is 6.61 Å². The van der Waals surface area contributed by atoms with Crippen molar-refractivity contribution in [3.63, 3.8) is 0 Å². The van der Waals surface area contributed by atoms with E-state index in [9.17, 15) is 0 Å². The summed E-state index contributed by atoms with van der Waals surface area (Å²) < 4.78 is 1.75. The highest BCUT2D eigenvalue weighted by molar-refractivity contribution is 6.36. The summed E-state index contributed by atoms with van der Waals surface area (Å²) in [6, 6.07) is 8.75. The minimum atomic E-state index is -0.0414. The van der Waals surface area contributed by atoms with Crippen molar-refractivity contribution in [2.75, 3.05) is 5.73 Å². The van der Waals surface area contributed by atoms with E-state index >= 15 is 0 Å². The van der Waals surface area contributed by atoms with Crippen molar-refractivity contribution in [3.8, 4) is 11.3 Å². The highest BCUT2D eigenvalue weighted by Crippen LogP contribution is 2.33. The van der Waals surface area contributed by atoms with E-state index in [0.717, 1.165) is 11.1 Å². The first kappa shape index (κ1) is 13.2. The summed E-state index contributed by atoms with van der Waals surface area (Å²) in [5.74, 6) is 0.494. The lowest BCUT2D eigenvalue weighted by Gasteiger charge is -2.03. The van der Waals surface area contributed by atoms with Crippen LogP contribution in [0.2, 0.25) is 10.0 Å². The van der Waals surface area contributed by atoms with Crippen LogP contribution in [0.5, 0.6) is 0 Å². The van der Waals surface area contributed by atoms with Gasteiger partial charge in [-0.3, -0.25) is 4.40 Å². The van der Waals surface area contributed by atoms with Gasteiger partial charge in [-0.1, -0.05) is 23.2 Å². The molecule has 0 aliphatic carbocycles. The Bertz CT molecular complexity index is 798. The number of rotatable bonds is 2. The van der Waals surface area contributed by atoms with Gasteiger partial charge in [0.15, 0.2) is 0 Å². The zero-order chi connectivity index (χ0) is 14.3. The molecule has 20 heavy (non-hydrogen) atoms. The molecule has 3 N–H and O–H groups in total. The summed E-state index contributed by atoms with van der Waals surface area (Å²) >= 11 is 12.1. The lowest BCUT2D eigenvalue weighted by atomic mass is 10.1. The molecule has 102 valence electrons. The summed E-state index contributed by atoms with van der Waals surface area (Å²) in [5.41, 5.74) is 8.88. The molecule has 0 saturated carbocycles.